The van der Waals surface area contributed by atoms with Crippen molar-refractivity contribution in [3.05, 3.63) is 75.8 Å². The molecule has 0 spiro atoms. The summed E-state index contributed by atoms with van der Waals surface area (Å²) in [5, 5.41) is 11.4. The SMILES string of the molecule is CN1NC(c2ccccc2)=C(C#N)C(=O)C[C@H]1c1ccc(Br)cc1. The van der Waals surface area contributed by atoms with Crippen molar-refractivity contribution in [3.8, 4) is 6.07 Å². The van der Waals surface area contributed by atoms with Crippen LogP contribution in [0.4, 0.5) is 0 Å². The molecule has 0 bridgehead atoms. The highest BCUT2D eigenvalue weighted by atomic mass is 79.9. The van der Waals surface area contributed by atoms with Crippen LogP contribution in [-0.2, 0) is 4.79 Å². The Kier molecular flexibility index (Phi) is 4.79. The molecule has 0 fully saturated rings. The number of nitriles is 1. The maximum Gasteiger partial charge on any atom is 0.177 e. The molecule has 24 heavy (non-hydrogen) atoms. The highest BCUT2D eigenvalue weighted by molar-refractivity contribution is 9.10. The fraction of sp³-hybridized carbons (Fsp3) is 0.158. The molecular weight excluding hydrogens is 366 g/mol. The highest BCUT2D eigenvalue weighted by Crippen LogP contribution is 2.30. The van der Waals surface area contributed by atoms with Gasteiger partial charge in [-0.3, -0.25) is 4.79 Å². The second kappa shape index (κ2) is 7.00. The van der Waals surface area contributed by atoms with Crippen molar-refractivity contribution < 1.29 is 4.79 Å². The molecule has 5 heteroatoms. The zero-order valence-corrected chi connectivity index (χ0v) is 14.7. The van der Waals surface area contributed by atoms with Crippen molar-refractivity contribution in [1.29, 1.82) is 5.26 Å². The number of nitrogens with zero attached hydrogens (tertiary/aromatic N) is 2. The van der Waals surface area contributed by atoms with Gasteiger partial charge in [0.15, 0.2) is 5.78 Å². The Morgan fingerprint density at radius 3 is 2.46 bits per heavy atom. The molecule has 1 aliphatic heterocycles. The summed E-state index contributed by atoms with van der Waals surface area (Å²) < 4.78 is 0.989. The number of halogens is 1. The average Bonchev–Trinajstić information content (AvgIpc) is 2.73. The van der Waals surface area contributed by atoms with Crippen molar-refractivity contribution in [1.82, 2.24) is 10.4 Å². The average molecular weight is 382 g/mol. The molecule has 1 aliphatic rings. The summed E-state index contributed by atoms with van der Waals surface area (Å²) in [6, 6.07) is 19.3. The minimum Gasteiger partial charge on any atom is -0.317 e. The summed E-state index contributed by atoms with van der Waals surface area (Å²) in [5.41, 5.74) is 5.83. The Labute approximate surface area is 149 Å². The third-order valence-electron chi connectivity index (χ3n) is 4.09. The monoisotopic (exact) mass is 381 g/mol. The van der Waals surface area contributed by atoms with Crippen LogP contribution < -0.4 is 5.43 Å². The largest absolute Gasteiger partial charge is 0.317 e. The summed E-state index contributed by atoms with van der Waals surface area (Å²) in [4.78, 5) is 12.7. The lowest BCUT2D eigenvalue weighted by molar-refractivity contribution is -0.116. The fourth-order valence-electron chi connectivity index (χ4n) is 2.82. The number of hydrazine groups is 1. The first kappa shape index (κ1) is 16.4. The summed E-state index contributed by atoms with van der Waals surface area (Å²) in [6.45, 7) is 0. The van der Waals surface area contributed by atoms with Crippen LogP contribution in [0, 0.1) is 11.3 Å². The van der Waals surface area contributed by atoms with E-state index >= 15 is 0 Å². The van der Waals surface area contributed by atoms with Crippen molar-refractivity contribution in [2.24, 2.45) is 0 Å². The van der Waals surface area contributed by atoms with Gasteiger partial charge in [0, 0.05) is 23.5 Å². The number of ketones is 1. The van der Waals surface area contributed by atoms with E-state index in [0.29, 0.717) is 5.70 Å². The van der Waals surface area contributed by atoms with Crippen LogP contribution in [0.1, 0.15) is 23.6 Å². The summed E-state index contributed by atoms with van der Waals surface area (Å²) >= 11 is 3.43. The van der Waals surface area contributed by atoms with E-state index < -0.39 is 0 Å². The van der Waals surface area contributed by atoms with E-state index in [4.69, 9.17) is 0 Å². The van der Waals surface area contributed by atoms with Crippen LogP contribution in [0.15, 0.2) is 64.6 Å². The number of carbonyl (C=O) groups excluding carboxylic acids is 1. The Bertz CT molecular complexity index is 822. The lowest BCUT2D eigenvalue weighted by Crippen LogP contribution is -2.35. The number of rotatable bonds is 2. The second-order valence-electron chi connectivity index (χ2n) is 5.65. The quantitative estimate of drug-likeness (QED) is 0.858. The summed E-state index contributed by atoms with van der Waals surface area (Å²) in [6.07, 6.45) is 0.254. The first-order chi connectivity index (χ1) is 11.6. The number of allylic oxidation sites excluding steroid dienone is 1. The molecular formula is C19H16BrN3O. The van der Waals surface area contributed by atoms with Crippen molar-refractivity contribution in [2.45, 2.75) is 12.5 Å². The predicted molar refractivity (Wildman–Crippen MR) is 96.4 cm³/mol. The van der Waals surface area contributed by atoms with E-state index in [1.165, 1.54) is 0 Å². The van der Waals surface area contributed by atoms with E-state index in [-0.39, 0.29) is 23.8 Å². The Hall–Kier alpha value is -2.42. The molecule has 0 amide bonds. The number of nitrogens with one attached hydrogen (secondary N) is 1. The minimum atomic E-state index is -0.152. The first-order valence-electron chi connectivity index (χ1n) is 7.58. The molecule has 1 atom stereocenters. The molecule has 0 saturated heterocycles. The van der Waals surface area contributed by atoms with E-state index in [1.54, 1.807) is 0 Å². The Morgan fingerprint density at radius 2 is 1.83 bits per heavy atom. The van der Waals surface area contributed by atoms with E-state index in [9.17, 15) is 10.1 Å². The molecule has 2 aromatic rings. The zero-order chi connectivity index (χ0) is 17.1. The maximum absolute atomic E-state index is 12.7. The number of hydrogen-bond acceptors (Lipinski definition) is 4. The van der Waals surface area contributed by atoms with Gasteiger partial charge in [0.1, 0.15) is 11.6 Å². The van der Waals surface area contributed by atoms with Gasteiger partial charge in [-0.25, -0.2) is 5.01 Å². The number of Topliss-reactive ketones (excluding diaryl/α,β-unsaturated/α-hetero) is 1. The topological polar surface area (TPSA) is 56.1 Å². The molecule has 0 aromatic heterocycles. The zero-order valence-electron chi connectivity index (χ0n) is 13.2. The van der Waals surface area contributed by atoms with Crippen LogP contribution in [0.25, 0.3) is 5.70 Å². The summed E-state index contributed by atoms with van der Waals surface area (Å²) in [7, 11) is 1.89. The maximum atomic E-state index is 12.7. The molecule has 0 unspecified atom stereocenters. The third-order valence-corrected chi connectivity index (χ3v) is 4.62. The van der Waals surface area contributed by atoms with Crippen molar-refractivity contribution >= 4 is 27.4 Å². The van der Waals surface area contributed by atoms with Gasteiger partial charge in [0.25, 0.3) is 0 Å². The lowest BCUT2D eigenvalue weighted by atomic mass is 9.97. The van der Waals surface area contributed by atoms with Crippen molar-refractivity contribution in [2.75, 3.05) is 7.05 Å². The third kappa shape index (κ3) is 3.25. The molecule has 2 aromatic carbocycles. The molecule has 0 aliphatic carbocycles. The van der Waals surface area contributed by atoms with Crippen molar-refractivity contribution in [3.63, 3.8) is 0 Å². The fourth-order valence-corrected chi connectivity index (χ4v) is 3.09. The van der Waals surface area contributed by atoms with Gasteiger partial charge in [-0.2, -0.15) is 5.26 Å². The van der Waals surface area contributed by atoms with Gasteiger partial charge in [-0.15, -0.1) is 0 Å². The van der Waals surface area contributed by atoms with Crippen LogP contribution >= 0.6 is 15.9 Å². The first-order valence-corrected chi connectivity index (χ1v) is 8.37. The van der Waals surface area contributed by atoms with E-state index in [0.717, 1.165) is 15.6 Å². The molecule has 0 saturated carbocycles. The standard InChI is InChI=1S/C19H16BrN3O/c1-23-17(13-7-9-15(20)10-8-13)11-18(24)16(12-21)19(22-23)14-5-3-2-4-6-14/h2-10,17,22H,11H2,1H3/t17-/m0/s1. The number of benzene rings is 2. The molecule has 0 radical (unpaired) electrons. The normalized spacial score (nSPS) is 18.7. The number of carbonyl (C=O) groups is 1. The molecule has 1 heterocycles. The van der Waals surface area contributed by atoms with Gasteiger partial charge in [-0.05, 0) is 17.7 Å². The lowest BCUT2D eigenvalue weighted by Gasteiger charge is -2.28. The molecule has 1 N–H and O–H groups in total. The van der Waals surface area contributed by atoms with Gasteiger partial charge in [-0.1, -0.05) is 58.4 Å². The van der Waals surface area contributed by atoms with Crippen LogP contribution in [0.5, 0.6) is 0 Å². The van der Waals surface area contributed by atoms with E-state index in [2.05, 4.69) is 27.4 Å². The number of hydrogen-bond donors (Lipinski definition) is 1. The molecule has 120 valence electrons. The van der Waals surface area contributed by atoms with Crippen LogP contribution in [0.3, 0.4) is 0 Å². The minimum absolute atomic E-state index is 0.143. The van der Waals surface area contributed by atoms with Gasteiger partial charge < -0.3 is 5.43 Å². The Balaban J connectivity index is 2.00. The molecule has 4 nitrogen and oxygen atoms in total. The highest BCUT2D eigenvalue weighted by Gasteiger charge is 2.29. The predicted octanol–water partition coefficient (Wildman–Crippen LogP) is 3.83. The van der Waals surface area contributed by atoms with Crippen LogP contribution in [-0.4, -0.2) is 17.8 Å². The smallest absolute Gasteiger partial charge is 0.177 e. The van der Waals surface area contributed by atoms with Gasteiger partial charge in [0.05, 0.1) is 11.7 Å². The second-order valence-corrected chi connectivity index (χ2v) is 6.56. The van der Waals surface area contributed by atoms with E-state index in [1.807, 2.05) is 66.7 Å². The van der Waals surface area contributed by atoms with Gasteiger partial charge in [0.2, 0.25) is 0 Å². The van der Waals surface area contributed by atoms with Gasteiger partial charge >= 0.3 is 0 Å². The molecule has 3 rings (SSSR count). The summed E-state index contributed by atoms with van der Waals surface area (Å²) in [5.74, 6) is -0.152. The van der Waals surface area contributed by atoms with Crippen LogP contribution in [0.2, 0.25) is 0 Å². The Morgan fingerprint density at radius 1 is 1.17 bits per heavy atom.